The van der Waals surface area contributed by atoms with E-state index in [1.165, 1.54) is 6.20 Å². The molecule has 2 N–H and O–H groups in total. The fourth-order valence-corrected chi connectivity index (χ4v) is 1.76. The zero-order valence-electron chi connectivity index (χ0n) is 11.6. The molecule has 2 aromatic heterocycles. The average Bonchev–Trinajstić information content (AvgIpc) is 2.93. The van der Waals surface area contributed by atoms with Gasteiger partial charge in [0.05, 0.1) is 17.8 Å². The molecular formula is C14H18N4O2. The number of carbonyl (C=O) groups is 1. The molecule has 0 aliphatic heterocycles. The van der Waals surface area contributed by atoms with Crippen LogP contribution in [0.3, 0.4) is 0 Å². The molecule has 6 nitrogen and oxygen atoms in total. The van der Waals surface area contributed by atoms with Gasteiger partial charge in [-0.2, -0.15) is 0 Å². The number of hydrogen-bond acceptors (Lipinski definition) is 5. The van der Waals surface area contributed by atoms with Crippen LogP contribution < -0.4 is 10.6 Å². The minimum atomic E-state index is -0.186. The third kappa shape index (κ3) is 3.57. The van der Waals surface area contributed by atoms with Crippen LogP contribution in [0.2, 0.25) is 0 Å². The normalized spacial score (nSPS) is 10.3. The molecule has 0 saturated heterocycles. The molecule has 20 heavy (non-hydrogen) atoms. The van der Waals surface area contributed by atoms with Gasteiger partial charge in [-0.1, -0.05) is 18.5 Å². The number of anilines is 1. The summed E-state index contributed by atoms with van der Waals surface area (Å²) in [4.78, 5) is 16.0. The van der Waals surface area contributed by atoms with Crippen molar-refractivity contribution in [1.29, 1.82) is 0 Å². The lowest BCUT2D eigenvalue weighted by atomic mass is 10.2. The number of nitrogens with one attached hydrogen (secondary N) is 2. The van der Waals surface area contributed by atoms with Crippen LogP contribution in [0.25, 0.3) is 0 Å². The molecule has 0 aliphatic rings. The van der Waals surface area contributed by atoms with Crippen molar-refractivity contribution in [2.75, 3.05) is 12.4 Å². The second kappa shape index (κ2) is 6.70. The molecule has 106 valence electrons. The van der Waals surface area contributed by atoms with Gasteiger partial charge in [-0.05, 0) is 18.6 Å². The summed E-state index contributed by atoms with van der Waals surface area (Å²) in [6.07, 6.45) is 3.43. The summed E-state index contributed by atoms with van der Waals surface area (Å²) in [5.74, 6) is 1.19. The van der Waals surface area contributed by atoms with E-state index in [9.17, 15) is 4.79 Å². The van der Waals surface area contributed by atoms with Crippen molar-refractivity contribution in [3.63, 3.8) is 0 Å². The molecule has 1 amide bonds. The lowest BCUT2D eigenvalue weighted by Gasteiger charge is -2.03. The lowest BCUT2D eigenvalue weighted by Crippen LogP contribution is -2.22. The topological polar surface area (TPSA) is 80.0 Å². The minimum absolute atomic E-state index is 0.186. The third-order valence-electron chi connectivity index (χ3n) is 2.82. The van der Waals surface area contributed by atoms with E-state index < -0.39 is 0 Å². The van der Waals surface area contributed by atoms with Gasteiger partial charge in [-0.15, -0.1) is 0 Å². The number of nitrogens with zero attached hydrogens (tertiary/aromatic N) is 2. The SMILES string of the molecule is CCCc1cc(CNC(=O)c2ccc(NC)nc2)on1. The Labute approximate surface area is 117 Å². The molecule has 0 spiro atoms. The number of aromatic nitrogens is 2. The van der Waals surface area contributed by atoms with Crippen LogP contribution in [-0.4, -0.2) is 23.1 Å². The smallest absolute Gasteiger partial charge is 0.253 e. The first-order valence-corrected chi connectivity index (χ1v) is 6.59. The van der Waals surface area contributed by atoms with E-state index in [2.05, 4.69) is 27.7 Å². The molecule has 0 aliphatic carbocycles. The average molecular weight is 274 g/mol. The molecule has 0 radical (unpaired) electrons. The number of aryl methyl sites for hydroxylation is 1. The largest absolute Gasteiger partial charge is 0.373 e. The van der Waals surface area contributed by atoms with Gasteiger partial charge in [-0.3, -0.25) is 4.79 Å². The molecule has 0 aromatic carbocycles. The van der Waals surface area contributed by atoms with E-state index in [0.29, 0.717) is 17.9 Å². The van der Waals surface area contributed by atoms with Crippen molar-refractivity contribution >= 4 is 11.7 Å². The highest BCUT2D eigenvalue weighted by Crippen LogP contribution is 2.07. The van der Waals surface area contributed by atoms with Gasteiger partial charge in [0.15, 0.2) is 5.76 Å². The highest BCUT2D eigenvalue weighted by atomic mass is 16.5. The van der Waals surface area contributed by atoms with Crippen molar-refractivity contribution < 1.29 is 9.32 Å². The number of amides is 1. The molecule has 0 saturated carbocycles. The zero-order valence-corrected chi connectivity index (χ0v) is 11.6. The van der Waals surface area contributed by atoms with E-state index in [0.717, 1.165) is 24.4 Å². The Hall–Kier alpha value is -2.37. The van der Waals surface area contributed by atoms with Gasteiger partial charge >= 0.3 is 0 Å². The summed E-state index contributed by atoms with van der Waals surface area (Å²) in [7, 11) is 1.78. The Morgan fingerprint density at radius 2 is 2.25 bits per heavy atom. The molecule has 0 bridgehead atoms. The third-order valence-corrected chi connectivity index (χ3v) is 2.82. The Balaban J connectivity index is 1.90. The van der Waals surface area contributed by atoms with Crippen LogP contribution >= 0.6 is 0 Å². The monoisotopic (exact) mass is 274 g/mol. The van der Waals surface area contributed by atoms with E-state index >= 15 is 0 Å². The number of hydrogen-bond donors (Lipinski definition) is 2. The number of carbonyl (C=O) groups excluding carboxylic acids is 1. The van der Waals surface area contributed by atoms with Gasteiger partial charge in [-0.25, -0.2) is 4.98 Å². The van der Waals surface area contributed by atoms with Gasteiger partial charge in [0.25, 0.3) is 5.91 Å². The van der Waals surface area contributed by atoms with E-state index in [4.69, 9.17) is 4.52 Å². The fourth-order valence-electron chi connectivity index (χ4n) is 1.76. The number of pyridine rings is 1. The van der Waals surface area contributed by atoms with Crippen LogP contribution in [0.5, 0.6) is 0 Å². The molecule has 2 heterocycles. The second-order valence-corrected chi connectivity index (χ2v) is 4.40. The summed E-state index contributed by atoms with van der Waals surface area (Å²) < 4.78 is 5.15. The molecule has 2 aromatic rings. The Bertz CT molecular complexity index is 563. The van der Waals surface area contributed by atoms with Crippen LogP contribution in [0.4, 0.5) is 5.82 Å². The van der Waals surface area contributed by atoms with Crippen molar-refractivity contribution in [2.45, 2.75) is 26.3 Å². The van der Waals surface area contributed by atoms with Crippen LogP contribution in [0, 0.1) is 0 Å². The first kappa shape index (κ1) is 14.0. The van der Waals surface area contributed by atoms with Crippen LogP contribution in [0.1, 0.15) is 35.2 Å². The summed E-state index contributed by atoms with van der Waals surface area (Å²) in [6, 6.07) is 5.34. The summed E-state index contributed by atoms with van der Waals surface area (Å²) in [6.45, 7) is 2.40. The van der Waals surface area contributed by atoms with Crippen molar-refractivity contribution in [1.82, 2.24) is 15.5 Å². The van der Waals surface area contributed by atoms with Gasteiger partial charge in [0.1, 0.15) is 5.82 Å². The molecule has 0 atom stereocenters. The Morgan fingerprint density at radius 3 is 2.90 bits per heavy atom. The summed E-state index contributed by atoms with van der Waals surface area (Å²) in [5, 5.41) is 9.61. The highest BCUT2D eigenvalue weighted by Gasteiger charge is 2.08. The molecule has 0 unspecified atom stereocenters. The van der Waals surface area contributed by atoms with Gasteiger partial charge in [0, 0.05) is 19.3 Å². The maximum atomic E-state index is 11.9. The van der Waals surface area contributed by atoms with Gasteiger partial charge < -0.3 is 15.2 Å². The number of rotatable bonds is 6. The van der Waals surface area contributed by atoms with E-state index in [-0.39, 0.29) is 5.91 Å². The zero-order chi connectivity index (χ0) is 14.4. The standard InChI is InChI=1S/C14H18N4O2/c1-3-4-11-7-12(20-18-11)9-17-14(19)10-5-6-13(15-2)16-8-10/h5-8H,3-4,9H2,1-2H3,(H,15,16)(H,17,19). The first-order chi connectivity index (χ1) is 9.72. The maximum Gasteiger partial charge on any atom is 0.253 e. The van der Waals surface area contributed by atoms with Crippen LogP contribution in [-0.2, 0) is 13.0 Å². The Morgan fingerprint density at radius 1 is 1.40 bits per heavy atom. The predicted molar refractivity (Wildman–Crippen MR) is 75.5 cm³/mol. The Kier molecular flexibility index (Phi) is 4.70. The van der Waals surface area contributed by atoms with Crippen LogP contribution in [0.15, 0.2) is 28.9 Å². The minimum Gasteiger partial charge on any atom is -0.373 e. The molecule has 0 fully saturated rings. The van der Waals surface area contributed by atoms with E-state index in [1.54, 1.807) is 19.2 Å². The predicted octanol–water partition coefficient (Wildman–Crippen LogP) is 1.99. The van der Waals surface area contributed by atoms with Crippen molar-refractivity contribution in [3.05, 3.63) is 41.4 Å². The van der Waals surface area contributed by atoms with E-state index in [1.807, 2.05) is 6.07 Å². The second-order valence-electron chi connectivity index (χ2n) is 4.40. The highest BCUT2D eigenvalue weighted by molar-refractivity contribution is 5.93. The quantitative estimate of drug-likeness (QED) is 0.842. The van der Waals surface area contributed by atoms with Gasteiger partial charge in [0.2, 0.25) is 0 Å². The molecule has 6 heteroatoms. The fraction of sp³-hybridized carbons (Fsp3) is 0.357. The molecule has 2 rings (SSSR count). The first-order valence-electron chi connectivity index (χ1n) is 6.59. The lowest BCUT2D eigenvalue weighted by molar-refractivity contribution is 0.0946. The summed E-state index contributed by atoms with van der Waals surface area (Å²) >= 11 is 0. The summed E-state index contributed by atoms with van der Waals surface area (Å²) in [5.41, 5.74) is 1.43. The maximum absolute atomic E-state index is 11.9. The van der Waals surface area contributed by atoms with Crippen molar-refractivity contribution in [3.8, 4) is 0 Å². The molecular weight excluding hydrogens is 256 g/mol. The van der Waals surface area contributed by atoms with Crippen molar-refractivity contribution in [2.24, 2.45) is 0 Å².